The Labute approximate surface area is 111 Å². The van der Waals surface area contributed by atoms with E-state index in [1.807, 2.05) is 24.3 Å². The zero-order chi connectivity index (χ0) is 13.1. The van der Waals surface area contributed by atoms with Crippen molar-refractivity contribution < 1.29 is 9.13 Å². The number of ether oxygens (including phenoxy) is 1. The van der Waals surface area contributed by atoms with Gasteiger partial charge < -0.3 is 9.64 Å². The highest BCUT2D eigenvalue weighted by Gasteiger charge is 2.22. The lowest BCUT2D eigenvalue weighted by molar-refractivity contribution is 0.0310. The Balaban J connectivity index is 1.91. The van der Waals surface area contributed by atoms with E-state index in [1.54, 1.807) is 6.20 Å². The van der Waals surface area contributed by atoms with Gasteiger partial charge in [-0.25, -0.2) is 0 Å². The fraction of sp³-hybridized carbons (Fsp3) is 0.429. The summed E-state index contributed by atoms with van der Waals surface area (Å²) in [5, 5.41) is 10.5. The summed E-state index contributed by atoms with van der Waals surface area (Å²) in [5.41, 5.74) is 0. The molecule has 0 radical (unpaired) electrons. The molecule has 1 atom stereocenters. The minimum Gasteiger partial charge on any atom is -0.374 e. The average Bonchev–Trinajstić information content (AvgIpc) is 2.47. The van der Waals surface area contributed by atoms with Crippen LogP contribution in [0.5, 0.6) is 0 Å². The van der Waals surface area contributed by atoms with Crippen LogP contribution >= 0.6 is 0 Å². The van der Waals surface area contributed by atoms with Crippen molar-refractivity contribution in [2.24, 2.45) is 0 Å². The lowest BCUT2D eigenvalue weighted by Gasteiger charge is -2.33. The Morgan fingerprint density at radius 3 is 3.16 bits per heavy atom. The summed E-state index contributed by atoms with van der Waals surface area (Å²) < 4.78 is 18.0. The zero-order valence-electron chi connectivity index (χ0n) is 10.6. The Bertz CT molecular complexity index is 556. The van der Waals surface area contributed by atoms with E-state index in [2.05, 4.69) is 15.1 Å². The number of hydrogen-bond acceptors (Lipinski definition) is 4. The third-order valence-electron chi connectivity index (χ3n) is 3.42. The number of alkyl halides is 1. The van der Waals surface area contributed by atoms with Gasteiger partial charge in [0.05, 0.1) is 25.6 Å². The topological polar surface area (TPSA) is 38.2 Å². The summed E-state index contributed by atoms with van der Waals surface area (Å²) in [5.74, 6) is 0.866. The molecule has 0 amide bonds. The first kappa shape index (κ1) is 12.3. The molecule has 2 aromatic rings. The van der Waals surface area contributed by atoms with Gasteiger partial charge in [0.2, 0.25) is 0 Å². The maximum Gasteiger partial charge on any atom is 0.159 e. The highest BCUT2D eigenvalue weighted by molar-refractivity contribution is 5.91. The van der Waals surface area contributed by atoms with Crippen LogP contribution in [-0.2, 0) is 4.74 Å². The molecule has 0 N–H and O–H groups in total. The Morgan fingerprint density at radius 1 is 1.37 bits per heavy atom. The standard InChI is InChI=1S/C14H16FN3O/c15-6-5-12-10-18(7-8-19-12)14-13-4-2-1-3-11(13)9-16-17-14/h1-4,9,12H,5-8,10H2/t12-/m0/s1. The number of halogens is 1. The highest BCUT2D eigenvalue weighted by Crippen LogP contribution is 2.25. The van der Waals surface area contributed by atoms with Gasteiger partial charge in [0.15, 0.2) is 5.82 Å². The van der Waals surface area contributed by atoms with Gasteiger partial charge in [-0.05, 0) is 0 Å². The molecule has 100 valence electrons. The van der Waals surface area contributed by atoms with Crippen molar-refractivity contribution in [1.82, 2.24) is 10.2 Å². The number of fused-ring (bicyclic) bond motifs is 1. The van der Waals surface area contributed by atoms with Crippen LogP contribution in [0, 0.1) is 0 Å². The maximum absolute atomic E-state index is 12.4. The SMILES string of the molecule is FCC[C@H]1CN(c2nncc3ccccc23)CCO1. The number of aromatic nitrogens is 2. The lowest BCUT2D eigenvalue weighted by atomic mass is 10.1. The minimum absolute atomic E-state index is 0.0560. The van der Waals surface area contributed by atoms with Gasteiger partial charge in [0.25, 0.3) is 0 Å². The molecule has 5 heteroatoms. The second kappa shape index (κ2) is 5.48. The fourth-order valence-electron chi connectivity index (χ4n) is 2.45. The fourth-order valence-corrected chi connectivity index (χ4v) is 2.45. The molecule has 1 aromatic carbocycles. The van der Waals surface area contributed by atoms with Crippen molar-refractivity contribution >= 4 is 16.6 Å². The summed E-state index contributed by atoms with van der Waals surface area (Å²) in [6.07, 6.45) is 2.15. The average molecular weight is 261 g/mol. The number of anilines is 1. The number of nitrogens with zero attached hydrogens (tertiary/aromatic N) is 3. The molecule has 19 heavy (non-hydrogen) atoms. The predicted octanol–water partition coefficient (Wildman–Crippen LogP) is 2.19. The van der Waals surface area contributed by atoms with Crippen LogP contribution < -0.4 is 4.90 Å². The molecule has 1 aliphatic rings. The second-order valence-corrected chi connectivity index (χ2v) is 4.67. The Hall–Kier alpha value is -1.75. The normalized spacial score (nSPS) is 19.8. The molecule has 1 saturated heterocycles. The van der Waals surface area contributed by atoms with E-state index in [0.717, 1.165) is 23.1 Å². The summed E-state index contributed by atoms with van der Waals surface area (Å²) in [6, 6.07) is 8.04. The van der Waals surface area contributed by atoms with Gasteiger partial charge in [-0.1, -0.05) is 24.3 Å². The van der Waals surface area contributed by atoms with E-state index in [1.165, 1.54) is 0 Å². The summed E-state index contributed by atoms with van der Waals surface area (Å²) in [7, 11) is 0. The van der Waals surface area contributed by atoms with Gasteiger partial charge in [0.1, 0.15) is 0 Å². The molecule has 1 fully saturated rings. The van der Waals surface area contributed by atoms with Crippen LogP contribution in [0.3, 0.4) is 0 Å². The van der Waals surface area contributed by atoms with Gasteiger partial charge in [-0.15, -0.1) is 5.10 Å². The van der Waals surface area contributed by atoms with E-state index in [-0.39, 0.29) is 12.8 Å². The van der Waals surface area contributed by atoms with Crippen LogP contribution in [-0.4, -0.2) is 42.7 Å². The first-order valence-corrected chi connectivity index (χ1v) is 6.51. The van der Waals surface area contributed by atoms with Crippen LogP contribution in [0.2, 0.25) is 0 Å². The van der Waals surface area contributed by atoms with E-state index in [4.69, 9.17) is 4.74 Å². The summed E-state index contributed by atoms with van der Waals surface area (Å²) >= 11 is 0. The first-order chi connectivity index (χ1) is 9.38. The molecule has 3 rings (SSSR count). The highest BCUT2D eigenvalue weighted by atomic mass is 19.1. The molecule has 0 aliphatic carbocycles. The first-order valence-electron chi connectivity index (χ1n) is 6.51. The molecule has 0 bridgehead atoms. The monoisotopic (exact) mass is 261 g/mol. The van der Waals surface area contributed by atoms with Gasteiger partial charge in [0, 0.05) is 30.3 Å². The number of hydrogen-bond donors (Lipinski definition) is 0. The third kappa shape index (κ3) is 2.51. The van der Waals surface area contributed by atoms with Crippen molar-refractivity contribution in [2.75, 3.05) is 31.3 Å². The maximum atomic E-state index is 12.4. The van der Waals surface area contributed by atoms with Gasteiger partial charge in [-0.2, -0.15) is 5.10 Å². The number of morpholine rings is 1. The summed E-state index contributed by atoms with van der Waals surface area (Å²) in [4.78, 5) is 2.14. The van der Waals surface area contributed by atoms with Crippen LogP contribution in [0.15, 0.2) is 30.5 Å². The molecular formula is C14H16FN3O. The van der Waals surface area contributed by atoms with Crippen LogP contribution in [0.25, 0.3) is 10.8 Å². The van der Waals surface area contributed by atoms with Crippen molar-refractivity contribution in [3.8, 4) is 0 Å². The van der Waals surface area contributed by atoms with Gasteiger partial charge in [-0.3, -0.25) is 4.39 Å². The van der Waals surface area contributed by atoms with Crippen LogP contribution in [0.4, 0.5) is 10.2 Å². The molecule has 0 saturated carbocycles. The lowest BCUT2D eigenvalue weighted by Crippen LogP contribution is -2.43. The smallest absolute Gasteiger partial charge is 0.159 e. The quantitative estimate of drug-likeness (QED) is 0.849. The zero-order valence-corrected chi connectivity index (χ0v) is 10.6. The number of benzene rings is 1. The van der Waals surface area contributed by atoms with Crippen molar-refractivity contribution in [3.63, 3.8) is 0 Å². The number of rotatable bonds is 3. The molecule has 1 aromatic heterocycles. The largest absolute Gasteiger partial charge is 0.374 e. The Morgan fingerprint density at radius 2 is 2.26 bits per heavy atom. The third-order valence-corrected chi connectivity index (χ3v) is 3.42. The molecule has 2 heterocycles. The van der Waals surface area contributed by atoms with Crippen molar-refractivity contribution in [3.05, 3.63) is 30.5 Å². The minimum atomic E-state index is -0.347. The van der Waals surface area contributed by atoms with E-state index < -0.39 is 0 Å². The molecule has 0 unspecified atom stereocenters. The molecule has 1 aliphatic heterocycles. The summed E-state index contributed by atoms with van der Waals surface area (Å²) in [6.45, 7) is 1.70. The molecule has 0 spiro atoms. The van der Waals surface area contributed by atoms with E-state index in [9.17, 15) is 4.39 Å². The van der Waals surface area contributed by atoms with Gasteiger partial charge >= 0.3 is 0 Å². The second-order valence-electron chi connectivity index (χ2n) is 4.67. The molecule has 4 nitrogen and oxygen atoms in total. The van der Waals surface area contributed by atoms with E-state index in [0.29, 0.717) is 19.6 Å². The predicted molar refractivity (Wildman–Crippen MR) is 72.1 cm³/mol. The van der Waals surface area contributed by atoms with Crippen molar-refractivity contribution in [1.29, 1.82) is 0 Å². The van der Waals surface area contributed by atoms with Crippen LogP contribution in [0.1, 0.15) is 6.42 Å². The Kier molecular flexibility index (Phi) is 3.55. The van der Waals surface area contributed by atoms with E-state index >= 15 is 0 Å². The molecular weight excluding hydrogens is 245 g/mol. The van der Waals surface area contributed by atoms with Crippen molar-refractivity contribution in [2.45, 2.75) is 12.5 Å².